The van der Waals surface area contributed by atoms with Gasteiger partial charge in [0.15, 0.2) is 5.69 Å². The molecule has 0 fully saturated rings. The number of aromatic nitrogens is 2. The van der Waals surface area contributed by atoms with Crippen molar-refractivity contribution in [2.75, 3.05) is 13.2 Å². The number of aromatic carboxylic acids is 1. The molecule has 0 radical (unpaired) electrons. The predicted octanol–water partition coefficient (Wildman–Crippen LogP) is 2.80. The fourth-order valence-corrected chi connectivity index (χ4v) is 3.66. The van der Waals surface area contributed by atoms with Crippen LogP contribution in [0.25, 0.3) is 5.65 Å². The van der Waals surface area contributed by atoms with Crippen molar-refractivity contribution in [2.24, 2.45) is 0 Å². The van der Waals surface area contributed by atoms with E-state index in [1.54, 1.807) is 36.6 Å². The molecule has 0 aliphatic rings. The predicted molar refractivity (Wildman–Crippen MR) is 76.7 cm³/mol. The van der Waals surface area contributed by atoms with E-state index in [-0.39, 0.29) is 11.9 Å². The molecule has 0 saturated carbocycles. The van der Waals surface area contributed by atoms with Gasteiger partial charge in [-0.15, -0.1) is 0 Å². The summed E-state index contributed by atoms with van der Waals surface area (Å²) in [4.78, 5) is 14.8. The molecule has 21 heavy (non-hydrogen) atoms. The minimum absolute atomic E-state index is 0.0371. The molecule has 8 heteroatoms. The zero-order valence-electron chi connectivity index (χ0n) is 11.9. The molecular weight excluding hydrogens is 295 g/mol. The fraction of sp³-hybridized carbons (Fsp3) is 0.385. The maximum atomic E-state index is 12.5. The van der Waals surface area contributed by atoms with Crippen LogP contribution in [0.5, 0.6) is 0 Å². The number of hydrogen-bond acceptors (Lipinski definition) is 5. The zero-order valence-corrected chi connectivity index (χ0v) is 12.7. The van der Waals surface area contributed by atoms with Gasteiger partial charge in [0.05, 0.1) is 19.4 Å². The normalized spacial score (nSPS) is 11.9. The quantitative estimate of drug-likeness (QED) is 0.791. The molecule has 7 nitrogen and oxygen atoms in total. The molecule has 2 aromatic rings. The largest absolute Gasteiger partial charge is 0.476 e. The first-order valence-corrected chi connectivity index (χ1v) is 8.29. The number of carboxylic acid groups (broad SMARTS) is 1. The minimum atomic E-state index is -3.18. The van der Waals surface area contributed by atoms with Gasteiger partial charge in [0.1, 0.15) is 5.65 Å². The van der Waals surface area contributed by atoms with E-state index in [4.69, 9.17) is 14.2 Å². The van der Waals surface area contributed by atoms with Gasteiger partial charge in [-0.1, -0.05) is 6.07 Å². The van der Waals surface area contributed by atoms with Crippen LogP contribution in [-0.2, 0) is 19.8 Å². The molecule has 2 rings (SSSR count). The molecule has 0 saturated heterocycles. The molecule has 0 aliphatic carbocycles. The summed E-state index contributed by atoms with van der Waals surface area (Å²) in [6.07, 6.45) is 3.22. The average molecular weight is 312 g/mol. The summed E-state index contributed by atoms with van der Waals surface area (Å²) >= 11 is 0. The van der Waals surface area contributed by atoms with Crippen molar-refractivity contribution >= 4 is 19.2 Å². The first-order chi connectivity index (χ1) is 9.97. The summed E-state index contributed by atoms with van der Waals surface area (Å²) in [6.45, 7) is 4.11. The highest BCUT2D eigenvalue weighted by molar-refractivity contribution is 7.53. The molecule has 0 amide bonds. The number of carbonyl (C=O) groups is 1. The van der Waals surface area contributed by atoms with E-state index in [0.29, 0.717) is 18.9 Å². The lowest BCUT2D eigenvalue weighted by Gasteiger charge is -2.16. The topological polar surface area (TPSA) is 90.1 Å². The van der Waals surface area contributed by atoms with Crippen LogP contribution >= 0.6 is 7.60 Å². The van der Waals surface area contributed by atoms with Crippen LogP contribution in [0.3, 0.4) is 0 Å². The van der Waals surface area contributed by atoms with E-state index in [9.17, 15) is 9.36 Å². The highest BCUT2D eigenvalue weighted by atomic mass is 31.2. The van der Waals surface area contributed by atoms with Gasteiger partial charge in [0, 0.05) is 12.4 Å². The Kier molecular flexibility index (Phi) is 4.77. The standard InChI is InChI=1S/C13H17N2O5P/c1-3-19-21(18,20-4-2)9-10-5-6-12-14-11(13(16)17)8-15(12)7-10/h5-8H,3-4,9H2,1-2H3,(H,16,17). The Morgan fingerprint density at radius 1 is 1.29 bits per heavy atom. The van der Waals surface area contributed by atoms with Crippen LogP contribution in [0.2, 0.25) is 0 Å². The Morgan fingerprint density at radius 2 is 1.95 bits per heavy atom. The molecule has 0 atom stereocenters. The number of rotatable bonds is 7. The Balaban J connectivity index is 2.29. The number of hydrogen-bond donors (Lipinski definition) is 1. The van der Waals surface area contributed by atoms with Crippen molar-refractivity contribution < 1.29 is 23.5 Å². The van der Waals surface area contributed by atoms with E-state index in [2.05, 4.69) is 4.98 Å². The van der Waals surface area contributed by atoms with Crippen LogP contribution < -0.4 is 0 Å². The smallest absolute Gasteiger partial charge is 0.356 e. The number of imidazole rings is 1. The van der Waals surface area contributed by atoms with E-state index < -0.39 is 13.6 Å². The molecule has 0 unspecified atom stereocenters. The van der Waals surface area contributed by atoms with Gasteiger partial charge in [-0.2, -0.15) is 0 Å². The SMILES string of the molecule is CCOP(=O)(Cc1ccc2nc(C(=O)O)cn2c1)OCC. The number of carboxylic acids is 1. The summed E-state index contributed by atoms with van der Waals surface area (Å²) in [5, 5.41) is 8.92. The Bertz CT molecular complexity index is 687. The van der Waals surface area contributed by atoms with Crippen LogP contribution in [0.15, 0.2) is 24.5 Å². The van der Waals surface area contributed by atoms with Gasteiger partial charge in [-0.3, -0.25) is 4.57 Å². The van der Waals surface area contributed by atoms with Gasteiger partial charge in [-0.05, 0) is 25.5 Å². The second kappa shape index (κ2) is 6.39. The third kappa shape index (κ3) is 3.69. The molecule has 114 valence electrons. The molecule has 2 aromatic heterocycles. The van der Waals surface area contributed by atoms with Crippen molar-refractivity contribution in [3.8, 4) is 0 Å². The fourth-order valence-electron chi connectivity index (χ4n) is 1.98. The summed E-state index contributed by atoms with van der Waals surface area (Å²) in [7, 11) is -3.18. The molecule has 1 N–H and O–H groups in total. The monoisotopic (exact) mass is 312 g/mol. The molecule has 0 spiro atoms. The number of fused-ring (bicyclic) bond motifs is 1. The van der Waals surface area contributed by atoms with Crippen LogP contribution in [0, 0.1) is 0 Å². The van der Waals surface area contributed by atoms with Gasteiger partial charge in [-0.25, -0.2) is 9.78 Å². The first-order valence-electron chi connectivity index (χ1n) is 6.56. The number of pyridine rings is 1. The second-order valence-electron chi connectivity index (χ2n) is 4.34. The molecule has 0 aliphatic heterocycles. The second-order valence-corrected chi connectivity index (χ2v) is 6.39. The third-order valence-electron chi connectivity index (χ3n) is 2.76. The third-order valence-corrected chi connectivity index (χ3v) is 4.81. The summed E-state index contributed by atoms with van der Waals surface area (Å²) < 4.78 is 24.5. The minimum Gasteiger partial charge on any atom is -0.476 e. The van der Waals surface area contributed by atoms with Crippen molar-refractivity contribution in [3.05, 3.63) is 35.8 Å². The Labute approximate surface area is 122 Å². The Hall–Kier alpha value is -1.69. The van der Waals surface area contributed by atoms with Gasteiger partial charge < -0.3 is 18.6 Å². The van der Waals surface area contributed by atoms with Crippen LogP contribution in [0.4, 0.5) is 0 Å². The summed E-state index contributed by atoms with van der Waals surface area (Å²) in [6, 6.07) is 3.41. The van der Waals surface area contributed by atoms with Crippen molar-refractivity contribution in [1.82, 2.24) is 9.38 Å². The lowest BCUT2D eigenvalue weighted by molar-refractivity contribution is 0.0691. The van der Waals surface area contributed by atoms with E-state index in [0.717, 1.165) is 5.56 Å². The van der Waals surface area contributed by atoms with Gasteiger partial charge >= 0.3 is 13.6 Å². The zero-order chi connectivity index (χ0) is 15.5. The van der Waals surface area contributed by atoms with Gasteiger partial charge in [0.2, 0.25) is 0 Å². The Morgan fingerprint density at radius 3 is 2.52 bits per heavy atom. The molecule has 0 aromatic carbocycles. The molecular formula is C13H17N2O5P. The highest BCUT2D eigenvalue weighted by Crippen LogP contribution is 2.51. The summed E-state index contributed by atoms with van der Waals surface area (Å²) in [5.41, 5.74) is 1.20. The average Bonchev–Trinajstić information content (AvgIpc) is 2.82. The maximum absolute atomic E-state index is 12.5. The first kappa shape index (κ1) is 15.7. The van der Waals surface area contributed by atoms with E-state index in [1.165, 1.54) is 6.20 Å². The van der Waals surface area contributed by atoms with Crippen molar-refractivity contribution in [1.29, 1.82) is 0 Å². The maximum Gasteiger partial charge on any atom is 0.356 e. The van der Waals surface area contributed by atoms with Crippen LogP contribution in [0.1, 0.15) is 29.9 Å². The summed E-state index contributed by atoms with van der Waals surface area (Å²) in [5.74, 6) is -1.09. The number of nitrogens with zero attached hydrogens (tertiary/aromatic N) is 2. The lowest BCUT2D eigenvalue weighted by Crippen LogP contribution is -2.00. The molecule has 0 bridgehead atoms. The van der Waals surface area contributed by atoms with Crippen LogP contribution in [-0.4, -0.2) is 33.7 Å². The lowest BCUT2D eigenvalue weighted by atomic mass is 10.3. The van der Waals surface area contributed by atoms with E-state index in [1.807, 2.05) is 0 Å². The molecule has 2 heterocycles. The van der Waals surface area contributed by atoms with Crippen molar-refractivity contribution in [3.63, 3.8) is 0 Å². The highest BCUT2D eigenvalue weighted by Gasteiger charge is 2.24. The van der Waals surface area contributed by atoms with E-state index >= 15 is 0 Å². The van der Waals surface area contributed by atoms with Gasteiger partial charge in [0.25, 0.3) is 0 Å². The van der Waals surface area contributed by atoms with Crippen molar-refractivity contribution in [2.45, 2.75) is 20.0 Å².